The summed E-state index contributed by atoms with van der Waals surface area (Å²) in [5.41, 5.74) is 2.04. The molecule has 0 radical (unpaired) electrons. The van der Waals surface area contributed by atoms with Gasteiger partial charge < -0.3 is 14.2 Å². The first-order valence-corrected chi connectivity index (χ1v) is 13.7. The number of rotatable bonds is 12. The van der Waals surface area contributed by atoms with Gasteiger partial charge in [0.2, 0.25) is 0 Å². The molecule has 1 aliphatic carbocycles. The van der Waals surface area contributed by atoms with Crippen LogP contribution in [0.1, 0.15) is 75.8 Å². The van der Waals surface area contributed by atoms with E-state index < -0.39 is 17.5 Å². The van der Waals surface area contributed by atoms with E-state index in [-0.39, 0.29) is 29.9 Å². The number of unbranched alkanes of at least 4 members (excludes halogenated alkanes) is 1. The summed E-state index contributed by atoms with van der Waals surface area (Å²) in [5.74, 6) is -1.45. The molecule has 0 unspecified atom stereocenters. The van der Waals surface area contributed by atoms with Gasteiger partial charge in [0, 0.05) is 18.2 Å². The maximum atomic E-state index is 15.1. The Kier molecular flexibility index (Phi) is 10.1. The predicted octanol–water partition coefficient (Wildman–Crippen LogP) is 8.98. The van der Waals surface area contributed by atoms with Crippen molar-refractivity contribution in [3.63, 3.8) is 0 Å². The molecule has 6 heteroatoms. The Bertz CT molecular complexity index is 1170. The summed E-state index contributed by atoms with van der Waals surface area (Å²) >= 11 is 0. The van der Waals surface area contributed by atoms with E-state index in [1.807, 2.05) is 0 Å². The van der Waals surface area contributed by atoms with Crippen LogP contribution in [0, 0.1) is 17.5 Å². The summed E-state index contributed by atoms with van der Waals surface area (Å²) in [5, 5.41) is 0. The number of ether oxygens (including phenoxy) is 3. The second-order valence-electron chi connectivity index (χ2n) is 9.95. The predicted molar refractivity (Wildman–Crippen MR) is 144 cm³/mol. The van der Waals surface area contributed by atoms with Gasteiger partial charge in [-0.15, -0.1) is 0 Å². The molecule has 0 aliphatic heterocycles. The fourth-order valence-corrected chi connectivity index (χ4v) is 4.89. The zero-order valence-corrected chi connectivity index (χ0v) is 22.3. The maximum absolute atomic E-state index is 15.1. The Balaban J connectivity index is 1.36. The molecule has 1 saturated carbocycles. The maximum Gasteiger partial charge on any atom is 0.168 e. The van der Waals surface area contributed by atoms with E-state index in [1.54, 1.807) is 48.5 Å². The SMILES string of the molecule is CCCCOc1ccc(OCc2ccc(-c3ccc(C4CCC(OCCC)CC4)c(F)c3F)cc2)c(F)c1. The van der Waals surface area contributed by atoms with Crippen LogP contribution in [0.4, 0.5) is 13.2 Å². The molecule has 0 heterocycles. The second-order valence-corrected chi connectivity index (χ2v) is 9.95. The van der Waals surface area contributed by atoms with Crippen molar-refractivity contribution >= 4 is 0 Å². The van der Waals surface area contributed by atoms with E-state index in [2.05, 4.69) is 13.8 Å². The molecule has 0 N–H and O–H groups in total. The van der Waals surface area contributed by atoms with E-state index in [4.69, 9.17) is 14.2 Å². The van der Waals surface area contributed by atoms with Gasteiger partial charge in [-0.1, -0.05) is 56.7 Å². The zero-order chi connectivity index (χ0) is 26.9. The minimum absolute atomic E-state index is 0.0110. The molecule has 1 aliphatic rings. The van der Waals surface area contributed by atoms with Crippen molar-refractivity contribution in [2.75, 3.05) is 13.2 Å². The third-order valence-corrected chi connectivity index (χ3v) is 7.11. The standard InChI is InChI=1S/C32H37F3O3/c1-3-5-19-37-26-14-17-30(29(33)20-26)38-21-22-6-8-23(9-7-22)27-15-16-28(32(35)31(27)34)24-10-12-25(13-11-24)36-18-4-2/h6-9,14-17,20,24-25H,3-5,10-13,18-19,21H2,1-2H3. The van der Waals surface area contributed by atoms with E-state index in [1.165, 1.54) is 6.07 Å². The number of halogens is 3. The highest BCUT2D eigenvalue weighted by molar-refractivity contribution is 5.65. The molecule has 0 spiro atoms. The highest BCUT2D eigenvalue weighted by Crippen LogP contribution is 2.38. The zero-order valence-electron chi connectivity index (χ0n) is 22.3. The van der Waals surface area contributed by atoms with Crippen LogP contribution in [0.2, 0.25) is 0 Å². The monoisotopic (exact) mass is 526 g/mol. The first-order valence-electron chi connectivity index (χ1n) is 13.7. The van der Waals surface area contributed by atoms with E-state index >= 15 is 8.78 Å². The third-order valence-electron chi connectivity index (χ3n) is 7.11. The molecule has 204 valence electrons. The molecule has 38 heavy (non-hydrogen) atoms. The largest absolute Gasteiger partial charge is 0.493 e. The summed E-state index contributed by atoms with van der Waals surface area (Å²) in [7, 11) is 0. The molecule has 1 fully saturated rings. The lowest BCUT2D eigenvalue weighted by Gasteiger charge is -2.29. The Labute approximate surface area is 223 Å². The van der Waals surface area contributed by atoms with E-state index in [0.717, 1.165) is 57.1 Å². The average Bonchev–Trinajstić information content (AvgIpc) is 2.94. The van der Waals surface area contributed by atoms with Crippen molar-refractivity contribution < 1.29 is 27.4 Å². The van der Waals surface area contributed by atoms with Crippen LogP contribution in [0.3, 0.4) is 0 Å². The Morgan fingerprint density at radius 2 is 1.53 bits per heavy atom. The molecular formula is C32H37F3O3. The van der Waals surface area contributed by atoms with Crippen molar-refractivity contribution in [1.82, 2.24) is 0 Å². The van der Waals surface area contributed by atoms with Gasteiger partial charge in [0.1, 0.15) is 12.4 Å². The molecule has 0 amide bonds. The number of hydrogen-bond donors (Lipinski definition) is 0. The lowest BCUT2D eigenvalue weighted by molar-refractivity contribution is 0.0249. The molecular weight excluding hydrogens is 489 g/mol. The fourth-order valence-electron chi connectivity index (χ4n) is 4.89. The average molecular weight is 527 g/mol. The van der Waals surface area contributed by atoms with Gasteiger partial charge in [0.25, 0.3) is 0 Å². The molecule has 0 bridgehead atoms. The van der Waals surface area contributed by atoms with Crippen molar-refractivity contribution in [3.05, 3.63) is 83.2 Å². The van der Waals surface area contributed by atoms with Crippen molar-refractivity contribution in [2.24, 2.45) is 0 Å². The molecule has 3 nitrogen and oxygen atoms in total. The molecule has 3 aromatic rings. The highest BCUT2D eigenvalue weighted by Gasteiger charge is 2.27. The van der Waals surface area contributed by atoms with Crippen LogP contribution < -0.4 is 9.47 Å². The van der Waals surface area contributed by atoms with Crippen LogP contribution in [0.25, 0.3) is 11.1 Å². The Morgan fingerprint density at radius 1 is 0.763 bits per heavy atom. The topological polar surface area (TPSA) is 27.7 Å². The molecule has 0 saturated heterocycles. The van der Waals surface area contributed by atoms with Gasteiger partial charge in [-0.3, -0.25) is 0 Å². The highest BCUT2D eigenvalue weighted by atomic mass is 19.2. The first-order chi connectivity index (χ1) is 18.5. The van der Waals surface area contributed by atoms with Crippen LogP contribution in [-0.4, -0.2) is 19.3 Å². The minimum atomic E-state index is -0.820. The summed E-state index contributed by atoms with van der Waals surface area (Å²) in [6, 6.07) is 15.0. The summed E-state index contributed by atoms with van der Waals surface area (Å²) in [4.78, 5) is 0. The summed E-state index contributed by atoms with van der Waals surface area (Å²) in [6.45, 7) is 5.59. The lowest BCUT2D eigenvalue weighted by Crippen LogP contribution is -2.21. The fraction of sp³-hybridized carbons (Fsp3) is 0.438. The van der Waals surface area contributed by atoms with Gasteiger partial charge in [-0.2, -0.15) is 0 Å². The van der Waals surface area contributed by atoms with Crippen LogP contribution in [0.5, 0.6) is 11.5 Å². The second kappa shape index (κ2) is 13.7. The van der Waals surface area contributed by atoms with Gasteiger partial charge in [0.05, 0.1) is 12.7 Å². The molecule has 3 aromatic carbocycles. The van der Waals surface area contributed by atoms with Crippen molar-refractivity contribution in [3.8, 4) is 22.6 Å². The van der Waals surface area contributed by atoms with Crippen molar-refractivity contribution in [2.45, 2.75) is 77.4 Å². The Morgan fingerprint density at radius 3 is 2.21 bits per heavy atom. The Hall–Kier alpha value is -2.99. The summed E-state index contributed by atoms with van der Waals surface area (Å²) < 4.78 is 61.6. The molecule has 4 rings (SSSR count). The van der Waals surface area contributed by atoms with Gasteiger partial charge in [-0.25, -0.2) is 13.2 Å². The third kappa shape index (κ3) is 7.10. The number of benzene rings is 3. The smallest absolute Gasteiger partial charge is 0.168 e. The van der Waals surface area contributed by atoms with Crippen LogP contribution in [0.15, 0.2) is 54.6 Å². The normalized spacial score (nSPS) is 17.4. The molecule has 0 atom stereocenters. The van der Waals surface area contributed by atoms with Gasteiger partial charge in [0.15, 0.2) is 23.2 Å². The van der Waals surface area contributed by atoms with Crippen molar-refractivity contribution in [1.29, 1.82) is 0 Å². The van der Waals surface area contributed by atoms with Gasteiger partial charge >= 0.3 is 0 Å². The van der Waals surface area contributed by atoms with E-state index in [9.17, 15) is 4.39 Å². The number of hydrogen-bond acceptors (Lipinski definition) is 3. The quantitative estimate of drug-likeness (QED) is 0.220. The van der Waals surface area contributed by atoms with E-state index in [0.29, 0.717) is 23.5 Å². The lowest BCUT2D eigenvalue weighted by atomic mass is 9.82. The van der Waals surface area contributed by atoms with Crippen LogP contribution >= 0.6 is 0 Å². The van der Waals surface area contributed by atoms with Gasteiger partial charge in [-0.05, 0) is 73.3 Å². The summed E-state index contributed by atoms with van der Waals surface area (Å²) in [6.07, 6.45) is 6.47. The van der Waals surface area contributed by atoms with Crippen LogP contribution in [-0.2, 0) is 11.3 Å². The first kappa shape index (κ1) is 28.0. The minimum Gasteiger partial charge on any atom is -0.493 e. The molecule has 0 aromatic heterocycles.